The van der Waals surface area contributed by atoms with Gasteiger partial charge in [0.2, 0.25) is 0 Å². The zero-order valence-electron chi connectivity index (χ0n) is 34.7. The fraction of sp³-hybridized carbons (Fsp3) is 0.857. The maximum Gasteiger partial charge on any atom is 1.00 e. The summed E-state index contributed by atoms with van der Waals surface area (Å²) in [5, 5.41) is 18.3. The van der Waals surface area contributed by atoms with Crippen LogP contribution in [0.2, 0.25) is 0 Å². The SMILES string of the molecule is CCCCCCCCC=CCCCCCCCC(=O)OCC(COP(=O)([O-])OCC(O)CO)OC(=O)CCCCCCCC=CCCCCCCCC.[Na+]. The molecule has 312 valence electrons. The van der Waals surface area contributed by atoms with Gasteiger partial charge >= 0.3 is 41.5 Å². The number of carbonyl (C=O) groups is 2. The first-order chi connectivity index (χ1) is 25.7. The summed E-state index contributed by atoms with van der Waals surface area (Å²) in [5.41, 5.74) is 0. The van der Waals surface area contributed by atoms with Gasteiger partial charge in [0, 0.05) is 12.8 Å². The van der Waals surface area contributed by atoms with Gasteiger partial charge in [-0.3, -0.25) is 14.2 Å². The zero-order valence-corrected chi connectivity index (χ0v) is 37.6. The molecule has 3 unspecified atom stereocenters. The molecule has 0 aliphatic heterocycles. The van der Waals surface area contributed by atoms with E-state index in [9.17, 15) is 24.2 Å². The Hall–Kier alpha value is -0.550. The van der Waals surface area contributed by atoms with Crippen LogP contribution >= 0.6 is 7.82 Å². The molecule has 0 spiro atoms. The van der Waals surface area contributed by atoms with Crippen molar-refractivity contribution in [1.29, 1.82) is 0 Å². The van der Waals surface area contributed by atoms with Crippen LogP contribution in [0.3, 0.4) is 0 Å². The van der Waals surface area contributed by atoms with Gasteiger partial charge in [-0.05, 0) is 64.2 Å². The number of ether oxygens (including phenoxy) is 2. The van der Waals surface area contributed by atoms with Gasteiger partial charge in [-0.2, -0.15) is 0 Å². The first-order valence-electron chi connectivity index (χ1n) is 21.3. The Morgan fingerprint density at radius 1 is 0.574 bits per heavy atom. The van der Waals surface area contributed by atoms with E-state index in [-0.39, 0.29) is 49.0 Å². The Labute approximate surface area is 351 Å². The molecule has 54 heavy (non-hydrogen) atoms. The Balaban J connectivity index is 0. The average molecular weight is 797 g/mol. The number of aliphatic hydroxyl groups is 2. The summed E-state index contributed by atoms with van der Waals surface area (Å²) < 4.78 is 32.3. The van der Waals surface area contributed by atoms with Crippen molar-refractivity contribution >= 4 is 19.8 Å². The molecule has 0 bridgehead atoms. The second kappa shape index (κ2) is 42.1. The molecule has 0 saturated heterocycles. The molecule has 10 nitrogen and oxygen atoms in total. The normalized spacial score (nSPS) is 13.9. The molecule has 0 radical (unpaired) electrons. The third kappa shape index (κ3) is 41.1. The molecular formula is C42H78NaO10P. The molecule has 2 N–H and O–H groups in total. The van der Waals surface area contributed by atoms with Crippen molar-refractivity contribution in [3.8, 4) is 0 Å². The van der Waals surface area contributed by atoms with Gasteiger partial charge in [0.1, 0.15) is 12.7 Å². The minimum atomic E-state index is -4.87. The summed E-state index contributed by atoms with van der Waals surface area (Å²) in [6, 6.07) is 0. The number of hydrogen-bond donors (Lipinski definition) is 2. The number of hydrogen-bond acceptors (Lipinski definition) is 10. The Morgan fingerprint density at radius 2 is 0.944 bits per heavy atom. The van der Waals surface area contributed by atoms with Gasteiger partial charge in [0.25, 0.3) is 7.82 Å². The number of rotatable bonds is 40. The minimum Gasteiger partial charge on any atom is -0.756 e. The second-order valence-corrected chi connectivity index (χ2v) is 15.7. The van der Waals surface area contributed by atoms with E-state index < -0.39 is 51.8 Å². The molecule has 0 heterocycles. The number of phosphoric ester groups is 1. The van der Waals surface area contributed by atoms with Crippen molar-refractivity contribution in [3.63, 3.8) is 0 Å². The average Bonchev–Trinajstić information content (AvgIpc) is 3.14. The Bertz CT molecular complexity index is 948. The van der Waals surface area contributed by atoms with Crippen LogP contribution < -0.4 is 34.5 Å². The number of esters is 2. The van der Waals surface area contributed by atoms with Crippen molar-refractivity contribution in [2.75, 3.05) is 26.4 Å². The second-order valence-electron chi connectivity index (χ2n) is 14.3. The molecule has 0 aromatic carbocycles. The summed E-state index contributed by atoms with van der Waals surface area (Å²) >= 11 is 0. The van der Waals surface area contributed by atoms with Gasteiger partial charge in [-0.1, -0.05) is 141 Å². The van der Waals surface area contributed by atoms with Crippen molar-refractivity contribution in [2.45, 2.75) is 206 Å². The summed E-state index contributed by atoms with van der Waals surface area (Å²) in [6.45, 7) is 2.17. The van der Waals surface area contributed by atoms with Gasteiger partial charge in [0.15, 0.2) is 6.10 Å². The summed E-state index contributed by atoms with van der Waals surface area (Å²) in [5.74, 6) is -0.976. The predicted octanol–water partition coefficient (Wildman–Crippen LogP) is 7.38. The summed E-state index contributed by atoms with van der Waals surface area (Å²) in [7, 11) is -4.87. The van der Waals surface area contributed by atoms with Gasteiger partial charge in [0.05, 0.1) is 19.8 Å². The van der Waals surface area contributed by atoms with E-state index in [1.54, 1.807) is 0 Å². The zero-order chi connectivity index (χ0) is 39.1. The van der Waals surface area contributed by atoms with E-state index in [0.29, 0.717) is 12.8 Å². The maximum absolute atomic E-state index is 12.6. The number of unbranched alkanes of at least 4 members (excludes halogenated alkanes) is 22. The van der Waals surface area contributed by atoms with E-state index in [2.05, 4.69) is 42.7 Å². The molecule has 12 heteroatoms. The summed E-state index contributed by atoms with van der Waals surface area (Å²) in [4.78, 5) is 37.1. The molecular weight excluding hydrogens is 718 g/mol. The van der Waals surface area contributed by atoms with Gasteiger partial charge < -0.3 is 33.6 Å². The Kier molecular flexibility index (Phi) is 43.3. The van der Waals surface area contributed by atoms with Gasteiger partial charge in [-0.25, -0.2) is 0 Å². The van der Waals surface area contributed by atoms with Crippen LogP contribution in [0.15, 0.2) is 24.3 Å². The Morgan fingerprint density at radius 3 is 1.37 bits per heavy atom. The van der Waals surface area contributed by atoms with E-state index in [0.717, 1.165) is 77.0 Å². The van der Waals surface area contributed by atoms with Crippen LogP contribution in [-0.4, -0.2) is 60.8 Å². The first kappa shape index (κ1) is 55.5. The molecule has 0 rings (SSSR count). The van der Waals surface area contributed by atoms with E-state index in [1.807, 2.05) is 0 Å². The molecule has 0 aromatic rings. The van der Waals surface area contributed by atoms with Crippen molar-refractivity contribution < 1.29 is 77.3 Å². The van der Waals surface area contributed by atoms with Crippen LogP contribution in [0.1, 0.15) is 194 Å². The summed E-state index contributed by atoms with van der Waals surface area (Å²) in [6.07, 6.45) is 36.9. The fourth-order valence-electron chi connectivity index (χ4n) is 5.74. The molecule has 0 saturated carbocycles. The number of allylic oxidation sites excluding steroid dienone is 4. The van der Waals surface area contributed by atoms with Crippen LogP contribution in [0.25, 0.3) is 0 Å². The van der Waals surface area contributed by atoms with Gasteiger partial charge in [-0.15, -0.1) is 0 Å². The van der Waals surface area contributed by atoms with E-state index >= 15 is 0 Å². The predicted molar refractivity (Wildman–Crippen MR) is 212 cm³/mol. The molecule has 0 aliphatic rings. The monoisotopic (exact) mass is 797 g/mol. The standard InChI is InChI=1S/C42H79O10P.Na/c1-3-5-7-9-11-13-15-17-19-21-23-25-27-29-31-33-41(45)49-37-40(38-51-53(47,48)50-36-39(44)35-43)52-42(46)34-32-30-28-26-24-22-20-18-16-14-12-10-8-6-4-2;/h17-20,39-40,43-44H,3-16,21-38H2,1-2H3,(H,47,48);/q;+1/p-1. The van der Waals surface area contributed by atoms with Crippen LogP contribution in [0, 0.1) is 0 Å². The number of aliphatic hydroxyl groups excluding tert-OH is 2. The van der Waals surface area contributed by atoms with Crippen LogP contribution in [0.4, 0.5) is 0 Å². The third-order valence-electron chi connectivity index (χ3n) is 9.07. The fourth-order valence-corrected chi connectivity index (χ4v) is 6.52. The molecule has 0 aromatic heterocycles. The van der Waals surface area contributed by atoms with E-state index in [4.69, 9.17) is 19.1 Å². The molecule has 0 aliphatic carbocycles. The molecule has 0 fully saturated rings. The quantitative estimate of drug-likeness (QED) is 0.0211. The van der Waals surface area contributed by atoms with Crippen LogP contribution in [0.5, 0.6) is 0 Å². The van der Waals surface area contributed by atoms with Crippen molar-refractivity contribution in [2.24, 2.45) is 0 Å². The largest absolute Gasteiger partial charge is 1.00 e. The topological polar surface area (TPSA) is 152 Å². The van der Waals surface area contributed by atoms with E-state index in [1.165, 1.54) is 77.0 Å². The van der Waals surface area contributed by atoms with Crippen LogP contribution in [-0.2, 0) is 32.7 Å². The van der Waals surface area contributed by atoms with Crippen molar-refractivity contribution in [3.05, 3.63) is 24.3 Å². The maximum atomic E-state index is 12.6. The third-order valence-corrected chi connectivity index (χ3v) is 10.00. The van der Waals surface area contributed by atoms with Crippen molar-refractivity contribution in [1.82, 2.24) is 0 Å². The number of carbonyl (C=O) groups excluding carboxylic acids is 2. The first-order valence-corrected chi connectivity index (χ1v) is 22.7. The minimum absolute atomic E-state index is 0. The molecule has 0 amide bonds. The molecule has 3 atom stereocenters. The number of phosphoric acid groups is 1. The smallest absolute Gasteiger partial charge is 0.756 e.